The third kappa shape index (κ3) is 4.29. The molecule has 0 bridgehead atoms. The second-order valence-electron chi connectivity index (χ2n) is 5.36. The van der Waals surface area contributed by atoms with Gasteiger partial charge >= 0.3 is 0 Å². The summed E-state index contributed by atoms with van der Waals surface area (Å²) in [4.78, 5) is 24.2. The molecule has 0 atom stereocenters. The summed E-state index contributed by atoms with van der Waals surface area (Å²) in [7, 11) is 0. The second kappa shape index (κ2) is 7.40. The Kier molecular flexibility index (Phi) is 4.85. The second-order valence-corrected chi connectivity index (χ2v) is 5.36. The number of hydrogen-bond donors (Lipinski definition) is 2. The van der Waals surface area contributed by atoms with Gasteiger partial charge in [0.15, 0.2) is 0 Å². The highest BCUT2D eigenvalue weighted by Gasteiger charge is 2.08. The fourth-order valence-corrected chi connectivity index (χ4v) is 2.27. The topological polar surface area (TPSA) is 58.2 Å². The number of anilines is 2. The first-order valence-corrected chi connectivity index (χ1v) is 7.65. The van der Waals surface area contributed by atoms with Crippen LogP contribution in [0.15, 0.2) is 78.9 Å². The van der Waals surface area contributed by atoms with Crippen molar-refractivity contribution < 1.29 is 14.0 Å². The molecular formula is C20H15FN2O2. The van der Waals surface area contributed by atoms with Crippen molar-refractivity contribution >= 4 is 23.2 Å². The van der Waals surface area contributed by atoms with Gasteiger partial charge in [0, 0.05) is 22.5 Å². The van der Waals surface area contributed by atoms with Gasteiger partial charge in [-0.25, -0.2) is 4.39 Å². The smallest absolute Gasteiger partial charge is 0.255 e. The quantitative estimate of drug-likeness (QED) is 0.746. The minimum atomic E-state index is -0.420. The molecule has 0 aliphatic rings. The van der Waals surface area contributed by atoms with E-state index in [1.54, 1.807) is 54.6 Å². The summed E-state index contributed by atoms with van der Waals surface area (Å²) in [5.74, 6) is -0.999. The zero-order valence-corrected chi connectivity index (χ0v) is 13.2. The highest BCUT2D eigenvalue weighted by atomic mass is 19.1. The number of rotatable bonds is 4. The molecule has 3 rings (SSSR count). The summed E-state index contributed by atoms with van der Waals surface area (Å²) < 4.78 is 13.1. The molecule has 4 nitrogen and oxygen atoms in total. The van der Waals surface area contributed by atoms with E-state index in [1.807, 2.05) is 6.07 Å². The molecule has 0 spiro atoms. The van der Waals surface area contributed by atoms with Gasteiger partial charge in [-0.05, 0) is 54.6 Å². The number of amides is 2. The van der Waals surface area contributed by atoms with E-state index in [-0.39, 0.29) is 11.8 Å². The highest BCUT2D eigenvalue weighted by Crippen LogP contribution is 2.14. The van der Waals surface area contributed by atoms with Crippen molar-refractivity contribution in [3.63, 3.8) is 0 Å². The van der Waals surface area contributed by atoms with Gasteiger partial charge in [0.1, 0.15) is 5.82 Å². The van der Waals surface area contributed by atoms with Gasteiger partial charge in [0.2, 0.25) is 0 Å². The molecule has 0 unspecified atom stereocenters. The zero-order chi connectivity index (χ0) is 17.6. The number of hydrogen-bond acceptors (Lipinski definition) is 2. The fraction of sp³-hybridized carbons (Fsp3) is 0. The summed E-state index contributed by atoms with van der Waals surface area (Å²) in [5.41, 5.74) is 1.92. The lowest BCUT2D eigenvalue weighted by Crippen LogP contribution is -2.13. The molecule has 25 heavy (non-hydrogen) atoms. The van der Waals surface area contributed by atoms with Crippen LogP contribution in [0.1, 0.15) is 20.7 Å². The Morgan fingerprint density at radius 2 is 1.24 bits per heavy atom. The van der Waals surface area contributed by atoms with Crippen molar-refractivity contribution in [1.82, 2.24) is 0 Å². The van der Waals surface area contributed by atoms with Gasteiger partial charge in [0.25, 0.3) is 11.8 Å². The Morgan fingerprint density at radius 3 is 1.88 bits per heavy atom. The summed E-state index contributed by atoms with van der Waals surface area (Å²) in [6, 6.07) is 21.0. The van der Waals surface area contributed by atoms with Gasteiger partial charge in [-0.15, -0.1) is 0 Å². The summed E-state index contributed by atoms with van der Waals surface area (Å²) >= 11 is 0. The molecule has 3 aromatic rings. The van der Waals surface area contributed by atoms with Crippen molar-refractivity contribution in [1.29, 1.82) is 0 Å². The molecule has 0 heterocycles. The van der Waals surface area contributed by atoms with Crippen molar-refractivity contribution in [3.05, 3.63) is 95.8 Å². The van der Waals surface area contributed by atoms with E-state index in [0.29, 0.717) is 22.5 Å². The van der Waals surface area contributed by atoms with Gasteiger partial charge < -0.3 is 10.6 Å². The maximum Gasteiger partial charge on any atom is 0.255 e. The van der Waals surface area contributed by atoms with E-state index in [1.165, 1.54) is 18.2 Å². The van der Waals surface area contributed by atoms with Crippen LogP contribution < -0.4 is 10.6 Å². The Morgan fingerprint density at radius 1 is 0.640 bits per heavy atom. The number of benzene rings is 3. The van der Waals surface area contributed by atoms with Crippen LogP contribution in [0.4, 0.5) is 15.8 Å². The summed E-state index contributed by atoms with van der Waals surface area (Å²) in [5, 5.41) is 5.38. The van der Waals surface area contributed by atoms with Gasteiger partial charge in [-0.3, -0.25) is 9.59 Å². The van der Waals surface area contributed by atoms with Crippen LogP contribution in [0, 0.1) is 5.82 Å². The van der Waals surface area contributed by atoms with Gasteiger partial charge in [-0.2, -0.15) is 0 Å². The van der Waals surface area contributed by atoms with Gasteiger partial charge in [-0.1, -0.05) is 24.3 Å². The zero-order valence-electron chi connectivity index (χ0n) is 13.2. The predicted octanol–water partition coefficient (Wildman–Crippen LogP) is 4.33. The van der Waals surface area contributed by atoms with Crippen molar-refractivity contribution in [2.45, 2.75) is 0 Å². The first kappa shape index (κ1) is 16.4. The van der Waals surface area contributed by atoms with Crippen LogP contribution in [0.3, 0.4) is 0 Å². The van der Waals surface area contributed by atoms with Crippen molar-refractivity contribution in [2.24, 2.45) is 0 Å². The largest absolute Gasteiger partial charge is 0.322 e. The lowest BCUT2D eigenvalue weighted by atomic mass is 10.1. The van der Waals surface area contributed by atoms with Crippen LogP contribution in [0.2, 0.25) is 0 Å². The number of nitrogens with one attached hydrogen (secondary N) is 2. The van der Waals surface area contributed by atoms with E-state index in [9.17, 15) is 14.0 Å². The van der Waals surface area contributed by atoms with Gasteiger partial charge in [0.05, 0.1) is 0 Å². The summed E-state index contributed by atoms with van der Waals surface area (Å²) in [6.07, 6.45) is 0. The lowest BCUT2D eigenvalue weighted by Gasteiger charge is -2.08. The standard InChI is InChI=1S/C20H15FN2O2/c21-16-7-4-8-18(13-16)23-20(25)15-9-11-17(12-10-15)22-19(24)14-5-2-1-3-6-14/h1-13H,(H,22,24)(H,23,25). The number of carbonyl (C=O) groups is 2. The average molecular weight is 334 g/mol. The van der Waals surface area contributed by atoms with Crippen LogP contribution >= 0.6 is 0 Å². The van der Waals surface area contributed by atoms with E-state index in [4.69, 9.17) is 0 Å². The maximum atomic E-state index is 13.1. The maximum absolute atomic E-state index is 13.1. The molecule has 0 aliphatic carbocycles. The highest BCUT2D eigenvalue weighted by molar-refractivity contribution is 6.06. The lowest BCUT2D eigenvalue weighted by molar-refractivity contribution is 0.102. The molecule has 124 valence electrons. The summed E-state index contributed by atoms with van der Waals surface area (Å²) in [6.45, 7) is 0. The average Bonchev–Trinajstić information content (AvgIpc) is 2.63. The predicted molar refractivity (Wildman–Crippen MR) is 95.2 cm³/mol. The minimum Gasteiger partial charge on any atom is -0.322 e. The molecule has 0 aromatic heterocycles. The molecule has 2 amide bonds. The normalized spacial score (nSPS) is 10.1. The molecular weight excluding hydrogens is 319 g/mol. The first-order chi connectivity index (χ1) is 12.1. The van der Waals surface area contributed by atoms with Crippen molar-refractivity contribution in [2.75, 3.05) is 10.6 Å². The van der Waals surface area contributed by atoms with Crippen LogP contribution in [0.25, 0.3) is 0 Å². The minimum absolute atomic E-state index is 0.224. The first-order valence-electron chi connectivity index (χ1n) is 7.65. The van der Waals surface area contributed by atoms with Crippen molar-refractivity contribution in [3.8, 4) is 0 Å². The molecule has 0 saturated carbocycles. The molecule has 2 N–H and O–H groups in total. The van der Waals surface area contributed by atoms with E-state index in [0.717, 1.165) is 0 Å². The third-order valence-corrected chi connectivity index (χ3v) is 3.52. The Labute approximate surface area is 144 Å². The van der Waals surface area contributed by atoms with Crippen LogP contribution in [0.5, 0.6) is 0 Å². The molecule has 0 radical (unpaired) electrons. The van der Waals surface area contributed by atoms with Crippen LogP contribution in [-0.2, 0) is 0 Å². The third-order valence-electron chi connectivity index (χ3n) is 3.52. The molecule has 0 fully saturated rings. The number of carbonyl (C=O) groups excluding carboxylic acids is 2. The molecule has 5 heteroatoms. The van der Waals surface area contributed by atoms with Crippen LogP contribution in [-0.4, -0.2) is 11.8 Å². The Hall–Kier alpha value is -3.47. The molecule has 0 aliphatic heterocycles. The molecule has 3 aromatic carbocycles. The number of halogens is 1. The van der Waals surface area contributed by atoms with E-state index < -0.39 is 5.82 Å². The Balaban J connectivity index is 1.65. The van der Waals surface area contributed by atoms with E-state index in [2.05, 4.69) is 10.6 Å². The Bertz CT molecular complexity index is 893. The van der Waals surface area contributed by atoms with E-state index >= 15 is 0 Å². The fourth-order valence-electron chi connectivity index (χ4n) is 2.27. The SMILES string of the molecule is O=C(Nc1ccc(C(=O)Nc2cccc(F)c2)cc1)c1ccccc1. The molecule has 0 saturated heterocycles. The monoisotopic (exact) mass is 334 g/mol.